The number of likely N-dealkylation sites (tertiary alicyclic amines) is 1. The van der Waals surface area contributed by atoms with E-state index in [9.17, 15) is 9.18 Å². The lowest BCUT2D eigenvalue weighted by Gasteiger charge is -2.29. The normalized spacial score (nSPS) is 23.2. The Morgan fingerprint density at radius 2 is 2.35 bits per heavy atom. The van der Waals surface area contributed by atoms with Crippen molar-refractivity contribution in [1.82, 2.24) is 19.4 Å². The highest BCUT2D eigenvalue weighted by Crippen LogP contribution is 2.24. The molecule has 1 aliphatic heterocycles. The molecule has 2 heterocycles. The van der Waals surface area contributed by atoms with Gasteiger partial charge in [0.15, 0.2) is 0 Å². The minimum Gasteiger partial charge on any atom is -0.343 e. The van der Waals surface area contributed by atoms with Gasteiger partial charge in [0.1, 0.15) is 12.0 Å². The summed E-state index contributed by atoms with van der Waals surface area (Å²) in [5.41, 5.74) is 0. The number of likely N-dealkylation sites (N-methyl/N-ethyl adjacent to an activating group) is 1. The van der Waals surface area contributed by atoms with E-state index in [1.54, 1.807) is 22.9 Å². The summed E-state index contributed by atoms with van der Waals surface area (Å²) >= 11 is 1.58. The molecule has 0 aliphatic carbocycles. The molecule has 1 amide bonds. The van der Waals surface area contributed by atoms with Crippen LogP contribution in [0.25, 0.3) is 0 Å². The molecular weight excluding hydrogens is 315 g/mol. The molecule has 1 aliphatic rings. The van der Waals surface area contributed by atoms with Crippen molar-refractivity contribution in [2.75, 3.05) is 26.4 Å². The van der Waals surface area contributed by atoms with Gasteiger partial charge in [-0.2, -0.15) is 11.8 Å². The van der Waals surface area contributed by atoms with Gasteiger partial charge in [0.2, 0.25) is 5.91 Å². The number of imidazole rings is 1. The molecule has 1 saturated heterocycles. The summed E-state index contributed by atoms with van der Waals surface area (Å²) in [7, 11) is 3.77. The largest absolute Gasteiger partial charge is 0.343 e. The molecule has 1 fully saturated rings. The maximum Gasteiger partial charge on any atom is 0.235 e. The van der Waals surface area contributed by atoms with E-state index in [1.807, 2.05) is 38.0 Å². The quantitative estimate of drug-likeness (QED) is 0.759. The highest BCUT2D eigenvalue weighted by atomic mass is 32.2. The van der Waals surface area contributed by atoms with Crippen LogP contribution in [0.4, 0.5) is 4.39 Å². The van der Waals surface area contributed by atoms with E-state index in [0.717, 1.165) is 12.2 Å². The minimum atomic E-state index is -0.828. The SMILES string of the molecule is CC[C@H](SC)C(=O)N(C)C[C@@H]1C[C@H](F)CN1Cc1nccn1C. The first kappa shape index (κ1) is 18.3. The van der Waals surface area contributed by atoms with E-state index < -0.39 is 6.17 Å². The van der Waals surface area contributed by atoms with Crippen molar-refractivity contribution in [2.24, 2.45) is 7.05 Å². The molecule has 0 spiro atoms. The Balaban J connectivity index is 1.99. The Bertz CT molecular complexity index is 520. The Labute approximate surface area is 142 Å². The van der Waals surface area contributed by atoms with E-state index >= 15 is 0 Å². The zero-order chi connectivity index (χ0) is 17.0. The van der Waals surface area contributed by atoms with E-state index in [1.165, 1.54) is 0 Å². The molecule has 130 valence electrons. The number of thioether (sulfide) groups is 1. The number of carbonyl (C=O) groups is 1. The topological polar surface area (TPSA) is 41.4 Å². The summed E-state index contributed by atoms with van der Waals surface area (Å²) < 4.78 is 15.9. The summed E-state index contributed by atoms with van der Waals surface area (Å²) in [5.74, 6) is 1.06. The summed E-state index contributed by atoms with van der Waals surface area (Å²) in [6, 6.07) is 0.0509. The second kappa shape index (κ2) is 8.15. The van der Waals surface area contributed by atoms with Crippen molar-refractivity contribution in [3.05, 3.63) is 18.2 Å². The lowest BCUT2D eigenvalue weighted by molar-refractivity contribution is -0.130. The molecule has 7 heteroatoms. The van der Waals surface area contributed by atoms with E-state index in [4.69, 9.17) is 0 Å². The molecule has 2 rings (SSSR count). The monoisotopic (exact) mass is 342 g/mol. The van der Waals surface area contributed by atoms with Crippen molar-refractivity contribution < 1.29 is 9.18 Å². The van der Waals surface area contributed by atoms with Crippen molar-refractivity contribution in [3.8, 4) is 0 Å². The average Bonchev–Trinajstić information content (AvgIpc) is 3.07. The number of halogens is 1. The lowest BCUT2D eigenvalue weighted by atomic mass is 10.2. The van der Waals surface area contributed by atoms with Gasteiger partial charge in [0, 0.05) is 45.6 Å². The van der Waals surface area contributed by atoms with Gasteiger partial charge in [0.25, 0.3) is 0 Å². The van der Waals surface area contributed by atoms with Gasteiger partial charge >= 0.3 is 0 Å². The van der Waals surface area contributed by atoms with Crippen LogP contribution >= 0.6 is 11.8 Å². The fourth-order valence-corrected chi connectivity index (χ4v) is 3.85. The number of hydrogen-bond acceptors (Lipinski definition) is 4. The molecule has 0 bridgehead atoms. The van der Waals surface area contributed by atoms with Gasteiger partial charge < -0.3 is 9.47 Å². The van der Waals surface area contributed by atoms with Crippen LogP contribution in [0.1, 0.15) is 25.6 Å². The number of alkyl halides is 1. The van der Waals surface area contributed by atoms with Gasteiger partial charge in [0.05, 0.1) is 11.8 Å². The third-order valence-corrected chi connectivity index (χ3v) is 5.64. The van der Waals surface area contributed by atoms with Gasteiger partial charge in [-0.15, -0.1) is 0 Å². The Hall–Kier alpha value is -1.08. The number of amides is 1. The molecule has 1 aromatic rings. The molecule has 5 nitrogen and oxygen atoms in total. The predicted molar refractivity (Wildman–Crippen MR) is 92.2 cm³/mol. The third-order valence-electron chi connectivity index (χ3n) is 4.53. The minimum absolute atomic E-state index is 0.00873. The van der Waals surface area contributed by atoms with Gasteiger partial charge in [-0.1, -0.05) is 6.92 Å². The first-order valence-corrected chi connectivity index (χ1v) is 9.37. The first-order chi connectivity index (χ1) is 11.0. The summed E-state index contributed by atoms with van der Waals surface area (Å²) in [5, 5.41) is -0.00873. The molecule has 3 atom stereocenters. The lowest BCUT2D eigenvalue weighted by Crippen LogP contribution is -2.43. The number of hydrogen-bond donors (Lipinski definition) is 0. The average molecular weight is 342 g/mol. The number of aryl methyl sites for hydroxylation is 1. The molecule has 0 unspecified atom stereocenters. The maximum absolute atomic E-state index is 13.9. The predicted octanol–water partition coefficient (Wildman–Crippen LogP) is 1.93. The molecule has 0 aromatic carbocycles. The molecular formula is C16H27FN4OS. The Morgan fingerprint density at radius 3 is 2.91 bits per heavy atom. The maximum atomic E-state index is 13.9. The fourth-order valence-electron chi connectivity index (χ4n) is 3.13. The summed E-state index contributed by atoms with van der Waals surface area (Å²) in [6.07, 6.45) is 6.09. The summed E-state index contributed by atoms with van der Waals surface area (Å²) in [4.78, 5) is 20.6. The molecule has 1 aromatic heterocycles. The van der Waals surface area contributed by atoms with Crippen LogP contribution in [-0.4, -0.2) is 69.1 Å². The van der Waals surface area contributed by atoms with Crippen molar-refractivity contribution in [3.63, 3.8) is 0 Å². The summed E-state index contributed by atoms with van der Waals surface area (Å²) in [6.45, 7) is 3.63. The number of aromatic nitrogens is 2. The van der Waals surface area contributed by atoms with Crippen LogP contribution in [-0.2, 0) is 18.4 Å². The molecule has 0 N–H and O–H groups in total. The number of carbonyl (C=O) groups excluding carboxylic acids is 1. The van der Waals surface area contributed by atoms with Gasteiger partial charge in [-0.3, -0.25) is 9.69 Å². The highest BCUT2D eigenvalue weighted by Gasteiger charge is 2.34. The number of rotatable bonds is 7. The highest BCUT2D eigenvalue weighted by molar-refractivity contribution is 7.99. The molecule has 23 heavy (non-hydrogen) atoms. The van der Waals surface area contributed by atoms with Crippen molar-refractivity contribution in [2.45, 2.75) is 43.8 Å². The van der Waals surface area contributed by atoms with Crippen LogP contribution in [0.15, 0.2) is 12.4 Å². The van der Waals surface area contributed by atoms with Gasteiger partial charge in [-0.25, -0.2) is 9.37 Å². The second-order valence-corrected chi connectivity index (χ2v) is 7.26. The molecule has 0 saturated carbocycles. The molecule has 0 radical (unpaired) electrons. The zero-order valence-electron chi connectivity index (χ0n) is 14.4. The zero-order valence-corrected chi connectivity index (χ0v) is 15.2. The van der Waals surface area contributed by atoms with E-state index in [0.29, 0.717) is 26.1 Å². The van der Waals surface area contributed by atoms with E-state index in [2.05, 4.69) is 9.88 Å². The Kier molecular flexibility index (Phi) is 6.47. The fraction of sp³-hybridized carbons (Fsp3) is 0.750. The van der Waals surface area contributed by atoms with Crippen LogP contribution in [0.2, 0.25) is 0 Å². The van der Waals surface area contributed by atoms with Crippen molar-refractivity contribution >= 4 is 17.7 Å². The van der Waals surface area contributed by atoms with Crippen LogP contribution in [0.5, 0.6) is 0 Å². The van der Waals surface area contributed by atoms with Gasteiger partial charge in [-0.05, 0) is 19.1 Å². The standard InChI is InChI=1S/C16H27FN4OS/c1-5-14(23-4)16(22)20(3)10-13-8-12(17)9-21(13)11-15-18-6-7-19(15)2/h6-7,12-14H,5,8-11H2,1-4H3/t12-,13-,14-/m0/s1. The van der Waals surface area contributed by atoms with Crippen LogP contribution in [0.3, 0.4) is 0 Å². The van der Waals surface area contributed by atoms with Crippen LogP contribution in [0, 0.1) is 0 Å². The number of nitrogens with zero attached hydrogens (tertiary/aromatic N) is 4. The van der Waals surface area contributed by atoms with E-state index in [-0.39, 0.29) is 17.2 Å². The Morgan fingerprint density at radius 1 is 1.61 bits per heavy atom. The third kappa shape index (κ3) is 4.47. The smallest absolute Gasteiger partial charge is 0.235 e. The first-order valence-electron chi connectivity index (χ1n) is 8.08. The second-order valence-electron chi connectivity index (χ2n) is 6.22. The van der Waals surface area contributed by atoms with Crippen molar-refractivity contribution in [1.29, 1.82) is 0 Å². The van der Waals surface area contributed by atoms with Crippen LogP contribution < -0.4 is 0 Å².